The summed E-state index contributed by atoms with van der Waals surface area (Å²) >= 11 is 5.97. The van der Waals surface area contributed by atoms with E-state index >= 15 is 0 Å². The summed E-state index contributed by atoms with van der Waals surface area (Å²) in [5.74, 6) is -0.0526. The van der Waals surface area contributed by atoms with Gasteiger partial charge in [0, 0.05) is 17.6 Å². The van der Waals surface area contributed by atoms with Crippen LogP contribution < -0.4 is 14.8 Å². The molecule has 128 valence electrons. The number of hydrogen-bond donors (Lipinski definition) is 1. The van der Waals surface area contributed by atoms with Gasteiger partial charge in [0.1, 0.15) is 5.82 Å². The lowest BCUT2D eigenvalue weighted by Crippen LogP contribution is -2.23. The van der Waals surface area contributed by atoms with Crippen molar-refractivity contribution in [3.63, 3.8) is 0 Å². The average Bonchev–Trinajstić information content (AvgIpc) is 2.56. The van der Waals surface area contributed by atoms with E-state index in [2.05, 4.69) is 10.3 Å². The summed E-state index contributed by atoms with van der Waals surface area (Å²) < 4.78 is 24.8. The van der Waals surface area contributed by atoms with Crippen LogP contribution in [0.2, 0.25) is 5.02 Å². The molecule has 1 N–H and O–H groups in total. The monoisotopic (exact) mass is 352 g/mol. The van der Waals surface area contributed by atoms with Crippen LogP contribution in [0.5, 0.6) is 11.6 Å². The van der Waals surface area contributed by atoms with Crippen molar-refractivity contribution in [1.82, 2.24) is 10.3 Å². The van der Waals surface area contributed by atoms with Crippen LogP contribution in [0.1, 0.15) is 25.5 Å². The van der Waals surface area contributed by atoms with Crippen LogP contribution in [-0.2, 0) is 0 Å². The molecule has 0 aliphatic rings. The Morgan fingerprint density at radius 2 is 2.00 bits per heavy atom. The second-order valence-electron chi connectivity index (χ2n) is 5.35. The fourth-order valence-electron chi connectivity index (χ4n) is 2.19. The van der Waals surface area contributed by atoms with Crippen LogP contribution in [-0.4, -0.2) is 25.2 Å². The van der Waals surface area contributed by atoms with Crippen molar-refractivity contribution in [2.75, 3.05) is 14.2 Å². The molecule has 0 atom stereocenters. The minimum atomic E-state index is -0.638. The van der Waals surface area contributed by atoms with E-state index < -0.39 is 11.9 Å². The van der Waals surface area contributed by atoms with Crippen LogP contribution in [0.25, 0.3) is 11.1 Å². The van der Waals surface area contributed by atoms with Crippen LogP contribution in [0, 0.1) is 5.82 Å². The van der Waals surface area contributed by atoms with E-state index in [1.165, 1.54) is 38.4 Å². The molecule has 7 heteroatoms. The molecule has 1 aromatic carbocycles. The molecule has 0 saturated heterocycles. The Bertz CT molecular complexity index is 766. The van der Waals surface area contributed by atoms with Gasteiger partial charge in [-0.2, -0.15) is 0 Å². The van der Waals surface area contributed by atoms with E-state index in [1.54, 1.807) is 0 Å². The molecule has 0 radical (unpaired) electrons. The SMILES string of the molecule is CNC(=O)Oc1cc(-c2cc(Cl)ccc2F)c(OC)nc1C(C)C. The van der Waals surface area contributed by atoms with Gasteiger partial charge in [-0.3, -0.25) is 0 Å². The number of benzene rings is 1. The number of pyridine rings is 1. The van der Waals surface area contributed by atoms with Gasteiger partial charge in [-0.05, 0) is 30.2 Å². The van der Waals surface area contributed by atoms with Gasteiger partial charge in [-0.25, -0.2) is 14.2 Å². The number of methoxy groups -OCH3 is 1. The van der Waals surface area contributed by atoms with Gasteiger partial charge in [-0.1, -0.05) is 25.4 Å². The molecule has 2 aromatic rings. The number of aromatic nitrogens is 1. The maximum Gasteiger partial charge on any atom is 0.412 e. The second-order valence-corrected chi connectivity index (χ2v) is 5.78. The van der Waals surface area contributed by atoms with Crippen molar-refractivity contribution in [3.05, 3.63) is 40.8 Å². The Morgan fingerprint density at radius 1 is 1.29 bits per heavy atom. The maximum absolute atomic E-state index is 14.2. The first-order chi connectivity index (χ1) is 11.4. The largest absolute Gasteiger partial charge is 0.481 e. The number of amides is 1. The van der Waals surface area contributed by atoms with E-state index in [4.69, 9.17) is 21.1 Å². The average molecular weight is 353 g/mol. The molecule has 0 spiro atoms. The topological polar surface area (TPSA) is 60.5 Å². The van der Waals surface area contributed by atoms with Gasteiger partial charge < -0.3 is 14.8 Å². The summed E-state index contributed by atoms with van der Waals surface area (Å²) in [5, 5.41) is 2.74. The van der Waals surface area contributed by atoms with Crippen molar-refractivity contribution in [2.24, 2.45) is 0 Å². The lowest BCUT2D eigenvalue weighted by Gasteiger charge is -2.16. The molecule has 5 nitrogen and oxygen atoms in total. The number of halogens is 2. The quantitative estimate of drug-likeness (QED) is 0.886. The summed E-state index contributed by atoms with van der Waals surface area (Å²) in [5.41, 5.74) is 1.09. The zero-order valence-electron chi connectivity index (χ0n) is 13.8. The number of rotatable bonds is 4. The minimum absolute atomic E-state index is 0.0307. The molecule has 1 aromatic heterocycles. The third-order valence-electron chi connectivity index (χ3n) is 3.35. The Morgan fingerprint density at radius 3 is 2.58 bits per heavy atom. The Kier molecular flexibility index (Phi) is 5.62. The molecule has 0 aliphatic carbocycles. The highest BCUT2D eigenvalue weighted by Gasteiger charge is 2.21. The number of hydrogen-bond acceptors (Lipinski definition) is 4. The maximum atomic E-state index is 14.2. The summed E-state index contributed by atoms with van der Waals surface area (Å²) in [7, 11) is 2.89. The van der Waals surface area contributed by atoms with Gasteiger partial charge in [0.05, 0.1) is 18.4 Å². The lowest BCUT2D eigenvalue weighted by molar-refractivity contribution is 0.202. The second kappa shape index (κ2) is 7.49. The zero-order valence-corrected chi connectivity index (χ0v) is 14.6. The van der Waals surface area contributed by atoms with Crippen molar-refractivity contribution in [2.45, 2.75) is 19.8 Å². The summed E-state index contributed by atoms with van der Waals surface area (Å²) in [4.78, 5) is 16.0. The normalized spacial score (nSPS) is 10.6. The van der Waals surface area contributed by atoms with E-state index in [-0.39, 0.29) is 23.1 Å². The first-order valence-electron chi connectivity index (χ1n) is 7.31. The number of nitrogens with zero attached hydrogens (tertiary/aromatic N) is 1. The Balaban J connectivity index is 2.68. The number of nitrogens with one attached hydrogen (secondary N) is 1. The standard InChI is InChI=1S/C17H18ClFN2O3/c1-9(2)15-14(24-17(22)20-3)8-12(16(21-15)23-4)11-7-10(18)5-6-13(11)19/h5-9H,1-4H3,(H,20,22). The number of ether oxygens (including phenoxy) is 2. The van der Waals surface area contributed by atoms with Gasteiger partial charge in [0.2, 0.25) is 5.88 Å². The van der Waals surface area contributed by atoms with Gasteiger partial charge in [0.15, 0.2) is 5.75 Å². The summed E-state index contributed by atoms with van der Waals surface area (Å²) in [6.07, 6.45) is -0.638. The lowest BCUT2D eigenvalue weighted by atomic mass is 10.0. The number of carbonyl (C=O) groups is 1. The van der Waals surface area contributed by atoms with Gasteiger partial charge in [-0.15, -0.1) is 0 Å². The van der Waals surface area contributed by atoms with Crippen LogP contribution in [0.15, 0.2) is 24.3 Å². The number of carbonyl (C=O) groups excluding carboxylic acids is 1. The van der Waals surface area contributed by atoms with E-state index in [0.717, 1.165) is 0 Å². The van der Waals surface area contributed by atoms with Crippen LogP contribution in [0.3, 0.4) is 0 Å². The van der Waals surface area contributed by atoms with Crippen molar-refractivity contribution in [3.8, 4) is 22.8 Å². The molecule has 0 fully saturated rings. The van der Waals surface area contributed by atoms with E-state index in [0.29, 0.717) is 16.3 Å². The van der Waals surface area contributed by atoms with Crippen molar-refractivity contribution < 1.29 is 18.7 Å². The Hall–Kier alpha value is -2.34. The predicted octanol–water partition coefficient (Wildman–Crippen LogP) is 4.39. The smallest absolute Gasteiger partial charge is 0.412 e. The third-order valence-corrected chi connectivity index (χ3v) is 3.58. The zero-order chi connectivity index (χ0) is 17.9. The van der Waals surface area contributed by atoms with Crippen LogP contribution >= 0.6 is 11.6 Å². The molecule has 2 rings (SSSR count). The summed E-state index contributed by atoms with van der Waals surface area (Å²) in [6.45, 7) is 3.80. The molecular formula is C17H18ClFN2O3. The van der Waals surface area contributed by atoms with Crippen LogP contribution in [0.4, 0.5) is 9.18 Å². The fourth-order valence-corrected chi connectivity index (χ4v) is 2.36. The molecule has 0 saturated carbocycles. The fraction of sp³-hybridized carbons (Fsp3) is 0.294. The molecular weight excluding hydrogens is 335 g/mol. The first-order valence-corrected chi connectivity index (χ1v) is 7.69. The molecule has 1 heterocycles. The molecule has 1 amide bonds. The molecule has 24 heavy (non-hydrogen) atoms. The van der Waals surface area contributed by atoms with E-state index in [1.807, 2.05) is 13.8 Å². The van der Waals surface area contributed by atoms with Crippen molar-refractivity contribution >= 4 is 17.7 Å². The molecule has 0 unspecified atom stereocenters. The minimum Gasteiger partial charge on any atom is -0.481 e. The highest BCUT2D eigenvalue weighted by atomic mass is 35.5. The summed E-state index contributed by atoms with van der Waals surface area (Å²) in [6, 6.07) is 5.71. The first kappa shape index (κ1) is 18.0. The van der Waals surface area contributed by atoms with Crippen molar-refractivity contribution in [1.29, 1.82) is 0 Å². The Labute approximate surface area is 144 Å². The third kappa shape index (κ3) is 3.76. The van der Waals surface area contributed by atoms with Gasteiger partial charge in [0.25, 0.3) is 0 Å². The van der Waals surface area contributed by atoms with Gasteiger partial charge >= 0.3 is 6.09 Å². The molecule has 0 aliphatic heterocycles. The predicted molar refractivity (Wildman–Crippen MR) is 90.4 cm³/mol. The molecule has 0 bridgehead atoms. The highest BCUT2D eigenvalue weighted by Crippen LogP contribution is 2.38. The van der Waals surface area contributed by atoms with E-state index in [9.17, 15) is 9.18 Å². The highest BCUT2D eigenvalue weighted by molar-refractivity contribution is 6.30.